The van der Waals surface area contributed by atoms with Crippen molar-refractivity contribution in [3.05, 3.63) is 29.3 Å². The quantitative estimate of drug-likeness (QED) is 0.884. The maximum Gasteiger partial charge on any atom is 0.416 e. The van der Waals surface area contributed by atoms with Gasteiger partial charge in [0.1, 0.15) is 0 Å². The summed E-state index contributed by atoms with van der Waals surface area (Å²) in [7, 11) is 2.09. The highest BCUT2D eigenvalue weighted by Gasteiger charge is 2.32. The Hall–Kier alpha value is -1.27. The van der Waals surface area contributed by atoms with E-state index in [1.165, 1.54) is 12.1 Å². The van der Waals surface area contributed by atoms with E-state index in [1.807, 2.05) is 0 Å². The van der Waals surface area contributed by atoms with E-state index in [1.54, 1.807) is 6.07 Å². The minimum absolute atomic E-state index is 0.477. The molecular weight excluding hydrogens is 327 g/mol. The molecule has 0 saturated carbocycles. The molecule has 0 bridgehead atoms. The highest BCUT2D eigenvalue weighted by Crippen LogP contribution is 2.35. The summed E-state index contributed by atoms with van der Waals surface area (Å²) >= 11 is 0. The Balaban J connectivity index is 1.81. The fraction of sp³-hybridized carbons (Fsp3) is 0.684. The molecule has 2 saturated heterocycles. The first-order valence-corrected chi connectivity index (χ1v) is 9.23. The zero-order valence-electron chi connectivity index (χ0n) is 15.1. The molecule has 1 aromatic rings. The summed E-state index contributed by atoms with van der Waals surface area (Å²) in [6, 6.07) is 5.22. The Morgan fingerprint density at radius 2 is 1.96 bits per heavy atom. The van der Waals surface area contributed by atoms with Crippen LogP contribution >= 0.6 is 0 Å². The number of hydrogen-bond donors (Lipinski definition) is 1. The fourth-order valence-corrected chi connectivity index (χ4v) is 4.03. The van der Waals surface area contributed by atoms with Crippen LogP contribution in [0.1, 0.15) is 43.7 Å². The van der Waals surface area contributed by atoms with Crippen molar-refractivity contribution in [3.8, 4) is 0 Å². The van der Waals surface area contributed by atoms with Crippen LogP contribution < -0.4 is 10.2 Å². The Kier molecular flexibility index (Phi) is 5.58. The van der Waals surface area contributed by atoms with Crippen molar-refractivity contribution in [1.29, 1.82) is 0 Å². The molecule has 2 aliphatic rings. The molecule has 2 atom stereocenters. The van der Waals surface area contributed by atoms with Crippen molar-refractivity contribution in [3.63, 3.8) is 0 Å². The Morgan fingerprint density at radius 1 is 1.24 bits per heavy atom. The monoisotopic (exact) mass is 355 g/mol. The molecule has 140 valence electrons. The van der Waals surface area contributed by atoms with Crippen molar-refractivity contribution < 1.29 is 13.2 Å². The van der Waals surface area contributed by atoms with E-state index in [9.17, 15) is 13.2 Å². The molecule has 2 heterocycles. The number of nitrogens with one attached hydrogen (secondary N) is 1. The van der Waals surface area contributed by atoms with Gasteiger partial charge in [0.05, 0.1) is 5.56 Å². The van der Waals surface area contributed by atoms with E-state index in [2.05, 4.69) is 29.1 Å². The molecule has 2 aliphatic heterocycles. The lowest BCUT2D eigenvalue weighted by Gasteiger charge is -2.35. The van der Waals surface area contributed by atoms with Gasteiger partial charge in [0.25, 0.3) is 0 Å². The lowest BCUT2D eigenvalue weighted by molar-refractivity contribution is -0.137. The summed E-state index contributed by atoms with van der Waals surface area (Å²) in [6.45, 7) is 5.59. The topological polar surface area (TPSA) is 18.5 Å². The molecule has 0 amide bonds. The van der Waals surface area contributed by atoms with Gasteiger partial charge in [0, 0.05) is 37.4 Å². The van der Waals surface area contributed by atoms with Crippen molar-refractivity contribution >= 4 is 5.69 Å². The molecule has 25 heavy (non-hydrogen) atoms. The third kappa shape index (κ3) is 4.47. The van der Waals surface area contributed by atoms with Crippen LogP contribution in [0.5, 0.6) is 0 Å². The number of halogens is 3. The zero-order chi connectivity index (χ0) is 18.0. The molecular formula is C19H28F3N3. The molecule has 3 nitrogen and oxygen atoms in total. The van der Waals surface area contributed by atoms with Gasteiger partial charge in [-0.2, -0.15) is 13.2 Å². The number of nitrogens with zero attached hydrogens (tertiary/aromatic N) is 2. The maximum atomic E-state index is 13.1. The van der Waals surface area contributed by atoms with Gasteiger partial charge in [-0.25, -0.2) is 0 Å². The van der Waals surface area contributed by atoms with Crippen molar-refractivity contribution in [1.82, 2.24) is 10.2 Å². The van der Waals surface area contributed by atoms with E-state index in [4.69, 9.17) is 0 Å². The van der Waals surface area contributed by atoms with Gasteiger partial charge in [-0.05, 0) is 63.9 Å². The number of piperidine rings is 1. The van der Waals surface area contributed by atoms with Crippen LogP contribution in [0, 0.1) is 0 Å². The zero-order valence-corrected chi connectivity index (χ0v) is 15.1. The summed E-state index contributed by atoms with van der Waals surface area (Å²) in [6.07, 6.45) is -0.0191. The second kappa shape index (κ2) is 7.54. The lowest BCUT2D eigenvalue weighted by Crippen LogP contribution is -2.45. The molecule has 0 aromatic heterocycles. The van der Waals surface area contributed by atoms with Crippen LogP contribution in [0.4, 0.5) is 18.9 Å². The predicted octanol–water partition coefficient (Wildman–Crippen LogP) is 3.88. The molecule has 6 heteroatoms. The summed E-state index contributed by atoms with van der Waals surface area (Å²) in [5.74, 6) is 0. The third-order valence-electron chi connectivity index (χ3n) is 5.50. The molecule has 1 aromatic carbocycles. The lowest BCUT2D eigenvalue weighted by atomic mass is 9.98. The number of benzene rings is 1. The first-order valence-electron chi connectivity index (χ1n) is 9.23. The van der Waals surface area contributed by atoms with Crippen LogP contribution in [0.15, 0.2) is 18.2 Å². The maximum absolute atomic E-state index is 13.1. The molecule has 1 unspecified atom stereocenters. The highest BCUT2D eigenvalue weighted by atomic mass is 19.4. The minimum atomic E-state index is -4.29. The van der Waals surface area contributed by atoms with Gasteiger partial charge in [0.15, 0.2) is 0 Å². The summed E-state index contributed by atoms with van der Waals surface area (Å²) in [5.41, 5.74) is 1.22. The standard InChI is InChI=1S/C19H28F3N3/c1-14-11-17(7-8-23-14)24(2)13-15-5-6-16(19(20,21)22)12-18(15)25-9-3-4-10-25/h5-6,12,14,17,23H,3-4,7-11,13H2,1-2H3/t14-,17?/m0/s1. The first-order chi connectivity index (χ1) is 11.8. The van der Waals surface area contributed by atoms with Crippen molar-refractivity contribution in [2.45, 2.75) is 57.4 Å². The molecule has 3 rings (SSSR count). The largest absolute Gasteiger partial charge is 0.416 e. The van der Waals surface area contributed by atoms with Gasteiger partial charge in [0.2, 0.25) is 0 Å². The Morgan fingerprint density at radius 3 is 2.60 bits per heavy atom. The van der Waals surface area contributed by atoms with Gasteiger partial charge >= 0.3 is 6.18 Å². The van der Waals surface area contributed by atoms with E-state index in [-0.39, 0.29) is 0 Å². The SMILES string of the molecule is C[C@H]1CC(N(C)Cc2ccc(C(F)(F)F)cc2N2CCCC2)CCN1. The van der Waals surface area contributed by atoms with E-state index < -0.39 is 11.7 Å². The summed E-state index contributed by atoms with van der Waals surface area (Å²) in [4.78, 5) is 4.42. The normalized spacial score (nSPS) is 25.0. The molecule has 0 aliphatic carbocycles. The van der Waals surface area contributed by atoms with Gasteiger partial charge < -0.3 is 10.2 Å². The van der Waals surface area contributed by atoms with Crippen molar-refractivity contribution in [2.24, 2.45) is 0 Å². The molecule has 2 fully saturated rings. The second-order valence-corrected chi connectivity index (χ2v) is 7.48. The number of anilines is 1. The van der Waals surface area contributed by atoms with E-state index >= 15 is 0 Å². The third-order valence-corrected chi connectivity index (χ3v) is 5.50. The summed E-state index contributed by atoms with van der Waals surface area (Å²) < 4.78 is 39.4. The van der Waals surface area contributed by atoms with Gasteiger partial charge in [-0.3, -0.25) is 4.90 Å². The second-order valence-electron chi connectivity index (χ2n) is 7.48. The highest BCUT2D eigenvalue weighted by molar-refractivity contribution is 5.56. The van der Waals surface area contributed by atoms with Crippen LogP contribution in [-0.2, 0) is 12.7 Å². The summed E-state index contributed by atoms with van der Waals surface area (Å²) in [5, 5.41) is 3.45. The predicted molar refractivity (Wildman–Crippen MR) is 94.8 cm³/mol. The van der Waals surface area contributed by atoms with Crippen LogP contribution in [0.25, 0.3) is 0 Å². The van der Waals surface area contributed by atoms with Gasteiger partial charge in [-0.15, -0.1) is 0 Å². The fourth-order valence-electron chi connectivity index (χ4n) is 4.03. The average molecular weight is 355 g/mol. The minimum Gasteiger partial charge on any atom is -0.371 e. The van der Waals surface area contributed by atoms with E-state index in [0.717, 1.165) is 56.6 Å². The van der Waals surface area contributed by atoms with Crippen LogP contribution in [0.2, 0.25) is 0 Å². The van der Waals surface area contributed by atoms with Crippen LogP contribution in [-0.4, -0.2) is 43.7 Å². The molecule has 0 spiro atoms. The average Bonchev–Trinajstić information content (AvgIpc) is 3.08. The van der Waals surface area contributed by atoms with Crippen LogP contribution in [0.3, 0.4) is 0 Å². The molecule has 1 N–H and O–H groups in total. The van der Waals surface area contributed by atoms with Gasteiger partial charge in [-0.1, -0.05) is 6.07 Å². The number of alkyl halides is 3. The first kappa shape index (κ1) is 18.5. The van der Waals surface area contributed by atoms with E-state index in [0.29, 0.717) is 18.6 Å². The number of rotatable bonds is 4. The smallest absolute Gasteiger partial charge is 0.371 e. The molecule has 0 radical (unpaired) electrons. The van der Waals surface area contributed by atoms with Crippen molar-refractivity contribution in [2.75, 3.05) is 31.6 Å². The Bertz CT molecular complexity index is 582. The number of hydrogen-bond acceptors (Lipinski definition) is 3. The Labute approximate surface area is 148 Å².